The van der Waals surface area contributed by atoms with Crippen molar-refractivity contribution in [3.05, 3.63) is 71.4 Å². The van der Waals surface area contributed by atoms with Crippen molar-refractivity contribution < 1.29 is 19.2 Å². The Balaban J connectivity index is 0.000000231. The fourth-order valence-electron chi connectivity index (χ4n) is 3.03. The fourth-order valence-corrected chi connectivity index (χ4v) is 3.03. The van der Waals surface area contributed by atoms with Crippen molar-refractivity contribution in [1.29, 1.82) is 0 Å². The number of fused-ring (bicyclic) bond motifs is 2. The number of benzene rings is 1. The van der Waals surface area contributed by atoms with Crippen molar-refractivity contribution in [2.75, 3.05) is 5.32 Å². The molecule has 1 aromatic carbocycles. The summed E-state index contributed by atoms with van der Waals surface area (Å²) in [7, 11) is 0. The molecule has 142 valence electrons. The zero-order valence-corrected chi connectivity index (χ0v) is 16.0. The maximum atomic E-state index is 11.9. The summed E-state index contributed by atoms with van der Waals surface area (Å²) in [6.45, 7) is 5.22. The van der Waals surface area contributed by atoms with Gasteiger partial charge in [-0.05, 0) is 68.8 Å². The minimum absolute atomic E-state index is 0.215. The van der Waals surface area contributed by atoms with Crippen LogP contribution in [0.5, 0.6) is 0 Å². The number of carbonyl (C=O) groups is 4. The highest BCUT2D eigenvalue weighted by Crippen LogP contribution is 2.30. The van der Waals surface area contributed by atoms with E-state index in [9.17, 15) is 19.2 Å². The Bertz CT molecular complexity index is 930. The molecule has 2 aliphatic carbocycles. The smallest absolute Gasteiger partial charge is 0.173 e. The first-order chi connectivity index (χ1) is 13.3. The van der Waals surface area contributed by atoms with Gasteiger partial charge < -0.3 is 5.32 Å². The molecule has 28 heavy (non-hydrogen) atoms. The fraction of sp³-hybridized carbons (Fsp3) is 0.217. The predicted molar refractivity (Wildman–Crippen MR) is 107 cm³/mol. The molecule has 0 saturated carbocycles. The monoisotopic (exact) mass is 375 g/mol. The molecule has 1 aromatic rings. The van der Waals surface area contributed by atoms with E-state index in [1.54, 1.807) is 13.8 Å². The average Bonchev–Trinajstić information content (AvgIpc) is 2.65. The van der Waals surface area contributed by atoms with Crippen LogP contribution in [0.2, 0.25) is 0 Å². The topological polar surface area (TPSA) is 80.3 Å². The predicted octanol–water partition coefficient (Wildman–Crippen LogP) is 3.58. The normalized spacial score (nSPS) is 25.4. The molecule has 0 spiro atoms. The van der Waals surface area contributed by atoms with E-state index in [4.69, 9.17) is 0 Å². The molecule has 4 aliphatic rings. The minimum atomic E-state index is -0.678. The summed E-state index contributed by atoms with van der Waals surface area (Å²) in [6.07, 6.45) is 8.66. The molecule has 5 heteroatoms. The molecular weight excluding hydrogens is 354 g/mol. The van der Waals surface area contributed by atoms with Gasteiger partial charge in [0.15, 0.2) is 23.1 Å². The van der Waals surface area contributed by atoms with E-state index in [1.807, 2.05) is 0 Å². The van der Waals surface area contributed by atoms with E-state index >= 15 is 0 Å². The third-order valence-electron chi connectivity index (χ3n) is 4.87. The molecule has 1 N–H and O–H groups in total. The third-order valence-corrected chi connectivity index (χ3v) is 4.87. The molecule has 0 aromatic heterocycles. The Morgan fingerprint density at radius 3 is 1.43 bits per heavy atom. The second-order valence-corrected chi connectivity index (χ2v) is 7.10. The van der Waals surface area contributed by atoms with Gasteiger partial charge >= 0.3 is 0 Å². The van der Waals surface area contributed by atoms with Crippen LogP contribution in [-0.4, -0.2) is 23.1 Å². The standard InChI is InChI=1S/C16H14O4.C7H7N/c1-9-13(17)7-5-11(15(9)19)3-4-12-6-8-14(18)10(2)16(12)20;1-5-2-6-4-7(3-5)8-6/h3-10H,1-2H3;2-4,8H,1H3. The highest BCUT2D eigenvalue weighted by atomic mass is 16.2. The highest BCUT2D eigenvalue weighted by Gasteiger charge is 2.27. The van der Waals surface area contributed by atoms with Crippen LogP contribution < -0.4 is 5.32 Å². The summed E-state index contributed by atoms with van der Waals surface area (Å²) in [5.41, 5.74) is 4.61. The van der Waals surface area contributed by atoms with Gasteiger partial charge in [-0.1, -0.05) is 12.2 Å². The van der Waals surface area contributed by atoms with E-state index in [1.165, 1.54) is 53.4 Å². The molecule has 0 fully saturated rings. The molecule has 2 atom stereocenters. The lowest BCUT2D eigenvalue weighted by molar-refractivity contribution is -0.129. The summed E-state index contributed by atoms with van der Waals surface area (Å²) in [6, 6.07) is 6.40. The second kappa shape index (κ2) is 7.72. The molecule has 0 amide bonds. The lowest BCUT2D eigenvalue weighted by atomic mass is 9.87. The van der Waals surface area contributed by atoms with Gasteiger partial charge in [0.1, 0.15) is 0 Å². The zero-order valence-electron chi connectivity index (χ0n) is 16.0. The minimum Gasteiger partial charge on any atom is -0.355 e. The van der Waals surface area contributed by atoms with Gasteiger partial charge in [-0.25, -0.2) is 0 Å². The van der Waals surface area contributed by atoms with Gasteiger partial charge in [0.05, 0.1) is 11.8 Å². The summed E-state index contributed by atoms with van der Waals surface area (Å²) in [4.78, 5) is 46.4. The lowest BCUT2D eigenvalue weighted by Crippen LogP contribution is -2.25. The Labute approximate surface area is 163 Å². The van der Waals surface area contributed by atoms with Crippen LogP contribution in [-0.2, 0) is 19.2 Å². The second-order valence-electron chi connectivity index (χ2n) is 7.10. The highest BCUT2D eigenvalue weighted by molar-refractivity contribution is 6.19. The first kappa shape index (κ1) is 19.4. The van der Waals surface area contributed by atoms with E-state index in [0.29, 0.717) is 11.1 Å². The largest absolute Gasteiger partial charge is 0.355 e. The van der Waals surface area contributed by atoms with Crippen LogP contribution in [0.25, 0.3) is 0 Å². The molecule has 2 aliphatic heterocycles. The number of rotatable bonds is 1. The zero-order chi connectivity index (χ0) is 20.4. The summed E-state index contributed by atoms with van der Waals surface area (Å²) in [5, 5.41) is 3.16. The van der Waals surface area contributed by atoms with Crippen LogP contribution >= 0.6 is 0 Å². The Kier molecular flexibility index (Phi) is 5.36. The number of ketones is 4. The number of Topliss-reactive ketones (excluding diaryl/α,β-unsaturated/α-hetero) is 2. The lowest BCUT2D eigenvalue weighted by Gasteiger charge is -2.17. The van der Waals surface area contributed by atoms with E-state index in [2.05, 4.69) is 30.4 Å². The molecule has 2 bridgehead atoms. The number of carbonyl (C=O) groups excluding carboxylic acids is 4. The van der Waals surface area contributed by atoms with Crippen molar-refractivity contribution in [3.63, 3.8) is 0 Å². The Morgan fingerprint density at radius 1 is 0.714 bits per heavy atom. The van der Waals surface area contributed by atoms with E-state index < -0.39 is 11.8 Å². The number of hydrogen-bond donors (Lipinski definition) is 1. The molecule has 0 saturated heterocycles. The van der Waals surface area contributed by atoms with Crippen LogP contribution in [0.1, 0.15) is 19.4 Å². The molecule has 5 nitrogen and oxygen atoms in total. The van der Waals surface area contributed by atoms with Crippen molar-refractivity contribution in [1.82, 2.24) is 0 Å². The Hall–Kier alpha value is -3.34. The van der Waals surface area contributed by atoms with Crippen LogP contribution in [0.3, 0.4) is 0 Å². The quantitative estimate of drug-likeness (QED) is 0.609. The summed E-state index contributed by atoms with van der Waals surface area (Å²) in [5.74, 6) is -2.30. The number of nitrogens with one attached hydrogen (secondary N) is 1. The number of allylic oxidation sites excluding steroid dienone is 8. The SMILES string of the molecule is CC1C(=O)C=CC(=CC=C2C=CC(=O)C(C)C2=O)C1=O.Cc1cc2cc(c1)N2. The molecule has 5 rings (SSSR count). The van der Waals surface area contributed by atoms with E-state index in [0.717, 1.165) is 0 Å². The average molecular weight is 375 g/mol. The Morgan fingerprint density at radius 2 is 1.11 bits per heavy atom. The molecule has 0 radical (unpaired) electrons. The van der Waals surface area contributed by atoms with Crippen LogP contribution in [0.4, 0.5) is 11.4 Å². The van der Waals surface area contributed by atoms with Gasteiger partial charge in [0.25, 0.3) is 0 Å². The molecular formula is C23H21NO4. The van der Waals surface area contributed by atoms with Crippen LogP contribution in [0, 0.1) is 18.8 Å². The molecule has 2 heterocycles. The van der Waals surface area contributed by atoms with E-state index in [-0.39, 0.29) is 23.1 Å². The van der Waals surface area contributed by atoms with Crippen molar-refractivity contribution in [2.24, 2.45) is 11.8 Å². The van der Waals surface area contributed by atoms with Crippen molar-refractivity contribution in [2.45, 2.75) is 20.8 Å². The number of anilines is 2. The van der Waals surface area contributed by atoms with Gasteiger partial charge in [0.2, 0.25) is 0 Å². The van der Waals surface area contributed by atoms with Crippen LogP contribution in [0.15, 0.2) is 65.8 Å². The van der Waals surface area contributed by atoms with Crippen molar-refractivity contribution in [3.8, 4) is 0 Å². The number of aryl methyl sites for hydroxylation is 1. The van der Waals surface area contributed by atoms with Crippen molar-refractivity contribution >= 4 is 34.5 Å². The summed E-state index contributed by atoms with van der Waals surface area (Å²) >= 11 is 0. The number of hydrogen-bond acceptors (Lipinski definition) is 5. The first-order valence-electron chi connectivity index (χ1n) is 9.09. The maximum Gasteiger partial charge on any atom is 0.173 e. The van der Waals surface area contributed by atoms with Gasteiger partial charge in [-0.15, -0.1) is 0 Å². The summed E-state index contributed by atoms with van der Waals surface area (Å²) < 4.78 is 0. The third kappa shape index (κ3) is 3.98. The first-order valence-corrected chi connectivity index (χ1v) is 9.09. The van der Waals surface area contributed by atoms with Gasteiger partial charge in [-0.2, -0.15) is 0 Å². The molecule has 2 unspecified atom stereocenters. The van der Waals surface area contributed by atoms with Gasteiger partial charge in [0, 0.05) is 22.5 Å². The van der Waals surface area contributed by atoms with Gasteiger partial charge in [-0.3, -0.25) is 19.2 Å². The maximum absolute atomic E-state index is 11.9.